The van der Waals surface area contributed by atoms with E-state index in [0.29, 0.717) is 17.0 Å². The van der Waals surface area contributed by atoms with E-state index in [1.165, 1.54) is 11.0 Å². The van der Waals surface area contributed by atoms with Gasteiger partial charge >= 0.3 is 12.2 Å². The number of nitrogens with zero attached hydrogens (tertiary/aromatic N) is 2. The second-order valence-electron chi connectivity index (χ2n) is 5.58. The highest BCUT2D eigenvalue weighted by atomic mass is 19.4. The van der Waals surface area contributed by atoms with E-state index < -0.39 is 23.8 Å². The Hall–Kier alpha value is -2.51. The van der Waals surface area contributed by atoms with E-state index in [1.54, 1.807) is 33.0 Å². The third-order valence-corrected chi connectivity index (χ3v) is 3.48. The van der Waals surface area contributed by atoms with Crippen LogP contribution in [0.3, 0.4) is 0 Å². The van der Waals surface area contributed by atoms with Gasteiger partial charge in [0.2, 0.25) is 0 Å². The van der Waals surface area contributed by atoms with Gasteiger partial charge in [-0.2, -0.15) is 13.2 Å². The van der Waals surface area contributed by atoms with Crippen LogP contribution in [0.15, 0.2) is 34.9 Å². The van der Waals surface area contributed by atoms with Crippen LogP contribution in [0.4, 0.5) is 18.0 Å². The Morgan fingerprint density at radius 1 is 1.38 bits per heavy atom. The Kier molecular flexibility index (Phi) is 5.16. The highest BCUT2D eigenvalue weighted by Crippen LogP contribution is 2.30. The molecule has 1 atom stereocenters. The van der Waals surface area contributed by atoms with Crippen LogP contribution in [0.25, 0.3) is 0 Å². The van der Waals surface area contributed by atoms with Gasteiger partial charge in [0.05, 0.1) is 18.2 Å². The number of benzene rings is 1. The molecule has 0 aliphatic heterocycles. The first-order chi connectivity index (χ1) is 11.2. The van der Waals surface area contributed by atoms with E-state index in [1.807, 2.05) is 0 Å². The van der Waals surface area contributed by atoms with Crippen molar-refractivity contribution in [3.63, 3.8) is 0 Å². The molecule has 0 bridgehead atoms. The lowest BCUT2D eigenvalue weighted by molar-refractivity contribution is -0.137. The maximum Gasteiger partial charge on any atom is 0.416 e. The topological polar surface area (TPSA) is 58.4 Å². The predicted molar refractivity (Wildman–Crippen MR) is 81.1 cm³/mol. The summed E-state index contributed by atoms with van der Waals surface area (Å²) in [5.41, 5.74) is 0.230. The van der Waals surface area contributed by atoms with Gasteiger partial charge in [0.15, 0.2) is 0 Å². The van der Waals surface area contributed by atoms with Crippen molar-refractivity contribution in [2.45, 2.75) is 32.6 Å². The van der Waals surface area contributed by atoms with Crippen LogP contribution in [-0.2, 0) is 12.7 Å². The monoisotopic (exact) mass is 341 g/mol. The number of carbonyl (C=O) groups excluding carboxylic acids is 1. The minimum Gasteiger partial charge on any atom is -0.361 e. The fraction of sp³-hybridized carbons (Fsp3) is 0.375. The molecule has 1 heterocycles. The molecule has 0 fully saturated rings. The largest absolute Gasteiger partial charge is 0.416 e. The van der Waals surface area contributed by atoms with E-state index >= 15 is 0 Å². The molecule has 0 radical (unpaired) electrons. The highest BCUT2D eigenvalue weighted by molar-refractivity contribution is 5.74. The summed E-state index contributed by atoms with van der Waals surface area (Å²) in [6.07, 6.45) is -4.42. The standard InChI is InChI=1S/C16H18F3N3O2/c1-10-7-14(21-24-10)9-22(3)15(23)20-11(2)12-5-4-6-13(8-12)16(17,18)19/h4-8,11H,9H2,1-3H3,(H,20,23). The highest BCUT2D eigenvalue weighted by Gasteiger charge is 2.30. The summed E-state index contributed by atoms with van der Waals surface area (Å²) < 4.78 is 43.2. The van der Waals surface area contributed by atoms with Gasteiger partial charge in [-0.05, 0) is 31.5 Å². The molecule has 1 aromatic carbocycles. The molecule has 0 saturated heterocycles. The molecule has 130 valence electrons. The molecule has 2 rings (SSSR count). The van der Waals surface area contributed by atoms with Gasteiger partial charge in [-0.25, -0.2) is 4.79 Å². The van der Waals surface area contributed by atoms with Gasteiger partial charge in [0.1, 0.15) is 11.5 Å². The quantitative estimate of drug-likeness (QED) is 0.917. The normalized spacial score (nSPS) is 12.8. The number of nitrogens with one attached hydrogen (secondary N) is 1. The van der Waals surface area contributed by atoms with E-state index in [0.717, 1.165) is 12.1 Å². The fourth-order valence-corrected chi connectivity index (χ4v) is 2.17. The molecule has 0 spiro atoms. The average Bonchev–Trinajstić information content (AvgIpc) is 2.91. The minimum absolute atomic E-state index is 0.235. The van der Waals surface area contributed by atoms with Crippen molar-refractivity contribution >= 4 is 6.03 Å². The molecule has 0 saturated carbocycles. The predicted octanol–water partition coefficient (Wildman–Crippen LogP) is 3.90. The van der Waals surface area contributed by atoms with Gasteiger partial charge in [-0.15, -0.1) is 0 Å². The van der Waals surface area contributed by atoms with Gasteiger partial charge in [-0.1, -0.05) is 17.3 Å². The molecular weight excluding hydrogens is 323 g/mol. The lowest BCUT2D eigenvalue weighted by atomic mass is 10.1. The number of urea groups is 1. The van der Waals surface area contributed by atoms with E-state index in [-0.39, 0.29) is 6.54 Å². The van der Waals surface area contributed by atoms with E-state index in [9.17, 15) is 18.0 Å². The first-order valence-electron chi connectivity index (χ1n) is 7.28. The molecule has 0 aliphatic rings. The molecular formula is C16H18F3N3O2. The molecule has 2 aromatic rings. The summed E-state index contributed by atoms with van der Waals surface area (Å²) >= 11 is 0. The van der Waals surface area contributed by atoms with Crippen LogP contribution in [0.1, 0.15) is 35.5 Å². The van der Waals surface area contributed by atoms with Crippen molar-refractivity contribution in [2.75, 3.05) is 7.05 Å². The van der Waals surface area contributed by atoms with Crippen LogP contribution >= 0.6 is 0 Å². The number of rotatable bonds is 4. The molecule has 1 unspecified atom stereocenters. The molecule has 1 N–H and O–H groups in total. The van der Waals surface area contributed by atoms with E-state index in [4.69, 9.17) is 4.52 Å². The number of alkyl halides is 3. The van der Waals surface area contributed by atoms with Crippen molar-refractivity contribution in [3.05, 3.63) is 52.9 Å². The van der Waals surface area contributed by atoms with Crippen molar-refractivity contribution in [1.82, 2.24) is 15.4 Å². The van der Waals surface area contributed by atoms with Gasteiger partial charge in [0.25, 0.3) is 0 Å². The third-order valence-electron chi connectivity index (χ3n) is 3.48. The Bertz CT molecular complexity index is 713. The number of amides is 2. The molecule has 5 nitrogen and oxygen atoms in total. The number of halogens is 3. The Labute approximate surface area is 137 Å². The smallest absolute Gasteiger partial charge is 0.361 e. The van der Waals surface area contributed by atoms with Crippen LogP contribution in [-0.4, -0.2) is 23.1 Å². The summed E-state index contributed by atoms with van der Waals surface area (Å²) in [5.74, 6) is 0.635. The second kappa shape index (κ2) is 6.94. The van der Waals surface area contributed by atoms with Crippen molar-refractivity contribution < 1.29 is 22.5 Å². The number of aromatic nitrogens is 1. The first-order valence-corrected chi connectivity index (χ1v) is 7.28. The Morgan fingerprint density at radius 3 is 2.67 bits per heavy atom. The molecule has 8 heteroatoms. The summed E-state index contributed by atoms with van der Waals surface area (Å²) in [4.78, 5) is 13.5. The number of carbonyl (C=O) groups is 1. The van der Waals surface area contributed by atoms with Crippen molar-refractivity contribution in [2.24, 2.45) is 0 Å². The summed E-state index contributed by atoms with van der Waals surface area (Å²) in [7, 11) is 1.57. The average molecular weight is 341 g/mol. The number of hydrogen-bond donors (Lipinski definition) is 1. The third kappa shape index (κ3) is 4.50. The first kappa shape index (κ1) is 17.8. The Morgan fingerprint density at radius 2 is 2.08 bits per heavy atom. The number of hydrogen-bond acceptors (Lipinski definition) is 3. The number of aryl methyl sites for hydroxylation is 1. The van der Waals surface area contributed by atoms with E-state index in [2.05, 4.69) is 10.5 Å². The maximum absolute atomic E-state index is 12.8. The molecule has 2 amide bonds. The van der Waals surface area contributed by atoms with Crippen LogP contribution in [0.5, 0.6) is 0 Å². The van der Waals surface area contributed by atoms with Gasteiger partial charge < -0.3 is 14.7 Å². The summed E-state index contributed by atoms with van der Waals surface area (Å²) in [6.45, 7) is 3.60. The summed E-state index contributed by atoms with van der Waals surface area (Å²) in [5, 5.41) is 6.46. The zero-order valence-electron chi connectivity index (χ0n) is 13.5. The zero-order valence-corrected chi connectivity index (χ0v) is 13.5. The van der Waals surface area contributed by atoms with Crippen LogP contribution in [0.2, 0.25) is 0 Å². The fourth-order valence-electron chi connectivity index (χ4n) is 2.17. The minimum atomic E-state index is -4.42. The molecule has 24 heavy (non-hydrogen) atoms. The Balaban J connectivity index is 2.00. The van der Waals surface area contributed by atoms with Crippen molar-refractivity contribution in [1.29, 1.82) is 0 Å². The second-order valence-corrected chi connectivity index (χ2v) is 5.58. The lowest BCUT2D eigenvalue weighted by Gasteiger charge is -2.21. The maximum atomic E-state index is 12.8. The zero-order chi connectivity index (χ0) is 17.9. The lowest BCUT2D eigenvalue weighted by Crippen LogP contribution is -2.38. The van der Waals surface area contributed by atoms with Crippen molar-refractivity contribution in [3.8, 4) is 0 Å². The molecule has 0 aliphatic carbocycles. The van der Waals surface area contributed by atoms with Gasteiger partial charge in [0, 0.05) is 13.1 Å². The van der Waals surface area contributed by atoms with Crippen LogP contribution in [0, 0.1) is 6.92 Å². The van der Waals surface area contributed by atoms with Crippen LogP contribution < -0.4 is 5.32 Å². The molecule has 1 aromatic heterocycles. The summed E-state index contributed by atoms with van der Waals surface area (Å²) in [6, 6.07) is 5.62. The van der Waals surface area contributed by atoms with Gasteiger partial charge in [-0.3, -0.25) is 0 Å². The SMILES string of the molecule is Cc1cc(CN(C)C(=O)NC(C)c2cccc(C(F)(F)F)c2)no1.